The number of hydrogen-bond acceptors (Lipinski definition) is 4. The lowest BCUT2D eigenvalue weighted by molar-refractivity contribution is 0.304. The van der Waals surface area contributed by atoms with Gasteiger partial charge in [-0.05, 0) is 61.4 Å². The smallest absolute Gasteiger partial charge is 0.298 e. The molecule has 4 aromatic rings. The molecular weight excluding hydrogens is 460 g/mol. The van der Waals surface area contributed by atoms with Crippen molar-refractivity contribution < 1.29 is 4.74 Å². The molecule has 0 aliphatic heterocycles. The maximum Gasteiger partial charge on any atom is 0.298 e. The molecule has 0 radical (unpaired) electrons. The van der Waals surface area contributed by atoms with E-state index in [0.717, 1.165) is 35.2 Å². The van der Waals surface area contributed by atoms with Gasteiger partial charge in [-0.2, -0.15) is 9.78 Å². The number of unbranched alkanes of at least 4 members (excludes halogenated alkanes) is 7. The molecule has 0 saturated carbocycles. The first-order valence-corrected chi connectivity index (χ1v) is 12.9. The van der Waals surface area contributed by atoms with Crippen molar-refractivity contribution in [2.75, 3.05) is 6.61 Å². The first-order valence-electron chi connectivity index (χ1n) is 12.5. The topological polar surface area (TPSA) is 72.3 Å². The second kappa shape index (κ2) is 12.0. The zero-order valence-corrected chi connectivity index (χ0v) is 21.3. The number of H-pyrrole nitrogens is 1. The number of halogens is 1. The number of nitrogens with zero attached hydrogens (tertiary/aromatic N) is 3. The van der Waals surface area contributed by atoms with Crippen LogP contribution in [0.25, 0.3) is 21.9 Å². The van der Waals surface area contributed by atoms with Gasteiger partial charge in [-0.25, -0.2) is 4.98 Å². The quantitative estimate of drug-likeness (QED) is 0.167. The largest absolute Gasteiger partial charge is 0.494 e. The molecule has 7 heteroatoms. The van der Waals surface area contributed by atoms with Gasteiger partial charge in [-0.1, -0.05) is 63.5 Å². The van der Waals surface area contributed by atoms with Crippen LogP contribution in [0.15, 0.2) is 52.4 Å². The van der Waals surface area contributed by atoms with Gasteiger partial charge < -0.3 is 9.72 Å². The molecule has 0 amide bonds. The van der Waals surface area contributed by atoms with Gasteiger partial charge in [0.15, 0.2) is 0 Å². The first kappa shape index (κ1) is 25.0. The summed E-state index contributed by atoms with van der Waals surface area (Å²) in [5, 5.41) is 5.82. The van der Waals surface area contributed by atoms with E-state index >= 15 is 0 Å². The lowest BCUT2D eigenvalue weighted by Crippen LogP contribution is -2.20. The Balaban J connectivity index is 1.35. The summed E-state index contributed by atoms with van der Waals surface area (Å²) in [5.74, 6) is 1.35. The van der Waals surface area contributed by atoms with Crippen molar-refractivity contribution in [3.8, 4) is 5.75 Å². The Morgan fingerprint density at radius 2 is 1.74 bits per heavy atom. The van der Waals surface area contributed by atoms with Crippen LogP contribution in [0.4, 0.5) is 0 Å². The Morgan fingerprint density at radius 1 is 1.03 bits per heavy atom. The molecule has 2 aromatic carbocycles. The average molecular weight is 493 g/mol. The number of ether oxygens (including phenoxy) is 1. The fraction of sp³-hybridized carbons (Fsp3) is 0.393. The molecule has 0 saturated heterocycles. The van der Waals surface area contributed by atoms with E-state index in [1.54, 1.807) is 19.2 Å². The van der Waals surface area contributed by atoms with Gasteiger partial charge in [0.1, 0.15) is 22.6 Å². The SMILES string of the molecule is CCCCCCCCCCOc1ccc(C=Nn2c(C)nc3c([nH]c4ccc(Cl)cc43)c2=O)cc1. The molecule has 4 rings (SSSR count). The minimum Gasteiger partial charge on any atom is -0.494 e. The van der Waals surface area contributed by atoms with Crippen LogP contribution in [0.5, 0.6) is 5.75 Å². The summed E-state index contributed by atoms with van der Waals surface area (Å²) in [7, 11) is 0. The fourth-order valence-electron chi connectivity index (χ4n) is 4.22. The number of aryl methyl sites for hydroxylation is 1. The Morgan fingerprint density at radius 3 is 2.49 bits per heavy atom. The average Bonchev–Trinajstić information content (AvgIpc) is 3.21. The van der Waals surface area contributed by atoms with E-state index in [-0.39, 0.29) is 5.56 Å². The van der Waals surface area contributed by atoms with Crippen molar-refractivity contribution >= 4 is 39.8 Å². The van der Waals surface area contributed by atoms with Crippen molar-refractivity contribution in [1.29, 1.82) is 0 Å². The third kappa shape index (κ3) is 6.31. The number of rotatable bonds is 12. The second-order valence-electron chi connectivity index (χ2n) is 8.95. The van der Waals surface area contributed by atoms with Crippen LogP contribution in [-0.2, 0) is 0 Å². The van der Waals surface area contributed by atoms with Gasteiger partial charge in [0.25, 0.3) is 5.56 Å². The molecule has 6 nitrogen and oxygen atoms in total. The Labute approximate surface area is 211 Å². The van der Waals surface area contributed by atoms with Gasteiger partial charge >= 0.3 is 0 Å². The summed E-state index contributed by atoms with van der Waals surface area (Å²) in [4.78, 5) is 20.8. The highest BCUT2D eigenvalue weighted by Gasteiger charge is 2.13. The molecular formula is C28H33ClN4O2. The third-order valence-electron chi connectivity index (χ3n) is 6.19. The number of aromatic nitrogens is 3. The van der Waals surface area contributed by atoms with Crippen LogP contribution in [0.2, 0.25) is 5.02 Å². The maximum absolute atomic E-state index is 13.1. The summed E-state index contributed by atoms with van der Waals surface area (Å²) in [6.45, 7) is 4.75. The highest BCUT2D eigenvalue weighted by atomic mass is 35.5. The summed E-state index contributed by atoms with van der Waals surface area (Å²) in [5.41, 5.74) is 2.46. The Bertz CT molecular complexity index is 1360. The molecule has 0 atom stereocenters. The summed E-state index contributed by atoms with van der Waals surface area (Å²) >= 11 is 6.13. The highest BCUT2D eigenvalue weighted by molar-refractivity contribution is 6.31. The Kier molecular flexibility index (Phi) is 8.59. The van der Waals surface area contributed by atoms with E-state index in [1.807, 2.05) is 36.4 Å². The molecule has 0 unspecified atom stereocenters. The van der Waals surface area contributed by atoms with Crippen molar-refractivity contribution in [2.45, 2.75) is 65.2 Å². The normalized spacial score (nSPS) is 11.7. The summed E-state index contributed by atoms with van der Waals surface area (Å²) < 4.78 is 7.18. The van der Waals surface area contributed by atoms with Gasteiger partial charge in [-0.15, -0.1) is 0 Å². The van der Waals surface area contributed by atoms with Crippen molar-refractivity contribution in [3.63, 3.8) is 0 Å². The molecule has 0 aliphatic rings. The second-order valence-corrected chi connectivity index (χ2v) is 9.39. The number of hydrogen-bond donors (Lipinski definition) is 1. The molecule has 2 heterocycles. The molecule has 0 fully saturated rings. The molecule has 2 aromatic heterocycles. The fourth-order valence-corrected chi connectivity index (χ4v) is 4.39. The molecule has 0 bridgehead atoms. The minimum atomic E-state index is -0.249. The predicted octanol–water partition coefficient (Wildman–Crippen LogP) is 7.24. The van der Waals surface area contributed by atoms with Crippen LogP contribution in [0, 0.1) is 6.92 Å². The number of fused-ring (bicyclic) bond motifs is 3. The van der Waals surface area contributed by atoms with Crippen molar-refractivity contribution in [2.24, 2.45) is 5.10 Å². The molecule has 35 heavy (non-hydrogen) atoms. The standard InChI is InChI=1S/C28H33ClN4O2/c1-3-4-5-6-7-8-9-10-17-35-23-14-11-21(12-15-23)19-30-33-20(2)31-26-24-18-22(29)13-16-25(24)32-27(26)28(33)34/h11-16,18-19,32H,3-10,17H2,1-2H3. The van der Waals surface area contributed by atoms with E-state index in [1.165, 1.54) is 49.6 Å². The first-order chi connectivity index (χ1) is 17.1. The summed E-state index contributed by atoms with van der Waals surface area (Å²) in [6, 6.07) is 13.2. The van der Waals surface area contributed by atoms with Crippen LogP contribution < -0.4 is 10.3 Å². The van der Waals surface area contributed by atoms with E-state index in [0.29, 0.717) is 21.9 Å². The predicted molar refractivity (Wildman–Crippen MR) is 145 cm³/mol. The third-order valence-corrected chi connectivity index (χ3v) is 6.42. The van der Waals surface area contributed by atoms with E-state index < -0.39 is 0 Å². The zero-order chi connectivity index (χ0) is 24.6. The monoisotopic (exact) mass is 492 g/mol. The highest BCUT2D eigenvalue weighted by Crippen LogP contribution is 2.25. The van der Waals surface area contributed by atoms with E-state index in [2.05, 4.69) is 22.0 Å². The number of benzene rings is 2. The van der Waals surface area contributed by atoms with Gasteiger partial charge in [-0.3, -0.25) is 4.79 Å². The van der Waals surface area contributed by atoms with Crippen molar-refractivity contribution in [3.05, 3.63) is 69.2 Å². The molecule has 1 N–H and O–H groups in total. The van der Waals surface area contributed by atoms with Gasteiger partial charge in [0.05, 0.1) is 12.8 Å². The number of nitrogens with one attached hydrogen (secondary N) is 1. The van der Waals surface area contributed by atoms with E-state index in [9.17, 15) is 4.79 Å². The molecule has 0 spiro atoms. The summed E-state index contributed by atoms with van der Waals surface area (Å²) in [6.07, 6.45) is 11.9. The minimum absolute atomic E-state index is 0.249. The molecule has 184 valence electrons. The van der Waals surface area contributed by atoms with Crippen LogP contribution in [0.1, 0.15) is 69.7 Å². The van der Waals surface area contributed by atoms with Crippen molar-refractivity contribution in [1.82, 2.24) is 14.6 Å². The lowest BCUT2D eigenvalue weighted by atomic mass is 10.1. The van der Waals surface area contributed by atoms with Gasteiger partial charge in [0, 0.05) is 15.9 Å². The maximum atomic E-state index is 13.1. The molecule has 0 aliphatic carbocycles. The van der Waals surface area contributed by atoms with Gasteiger partial charge in [0.2, 0.25) is 0 Å². The zero-order valence-electron chi connectivity index (χ0n) is 20.5. The van der Waals surface area contributed by atoms with Crippen LogP contribution in [0.3, 0.4) is 0 Å². The lowest BCUT2D eigenvalue weighted by Gasteiger charge is -2.07. The number of aromatic amines is 1. The van der Waals surface area contributed by atoms with E-state index in [4.69, 9.17) is 16.3 Å². The van der Waals surface area contributed by atoms with Crippen LogP contribution in [-0.4, -0.2) is 27.5 Å². The Hall–Kier alpha value is -3.12. The van der Waals surface area contributed by atoms with Crippen LogP contribution >= 0.6 is 11.6 Å².